The Kier molecular flexibility index (Phi) is 4.97. The highest BCUT2D eigenvalue weighted by Crippen LogP contribution is 2.67. The summed E-state index contributed by atoms with van der Waals surface area (Å²) in [7, 11) is -4.98. The minimum Gasteiger partial charge on any atom is -0.324 e. The monoisotopic (exact) mass is 432 g/mol. The number of halogens is 9. The lowest BCUT2D eigenvalue weighted by Crippen LogP contribution is -2.62. The molecule has 3 atom stereocenters. The highest BCUT2D eigenvalue weighted by atomic mass is 31.2. The first-order valence-electron chi connectivity index (χ1n) is 6.85. The Hall–Kier alpha value is -1.30. The van der Waals surface area contributed by atoms with Crippen molar-refractivity contribution in [3.8, 4) is 0 Å². The van der Waals surface area contributed by atoms with Crippen molar-refractivity contribution >= 4 is 7.60 Å². The van der Waals surface area contributed by atoms with Crippen molar-refractivity contribution in [1.82, 2.24) is 0 Å². The summed E-state index contributed by atoms with van der Waals surface area (Å²) in [6.45, 7) is 0.306. The molecule has 1 aliphatic heterocycles. The second kappa shape index (κ2) is 6.10. The third-order valence-electron chi connectivity index (χ3n) is 3.59. The van der Waals surface area contributed by atoms with Crippen LogP contribution in [0.2, 0.25) is 0 Å². The van der Waals surface area contributed by atoms with Crippen LogP contribution in [0.25, 0.3) is 0 Å². The summed E-state index contributed by atoms with van der Waals surface area (Å²) in [6, 6.07) is 4.54. The molecule has 1 aromatic rings. The number of hydrogen-bond acceptors (Lipinski definition) is 3. The quantitative estimate of drug-likeness (QED) is 0.539. The van der Waals surface area contributed by atoms with Crippen LogP contribution in [0.4, 0.5) is 39.5 Å². The van der Waals surface area contributed by atoms with Gasteiger partial charge >= 0.3 is 37.3 Å². The second-order valence-electron chi connectivity index (χ2n) is 5.68. The van der Waals surface area contributed by atoms with Gasteiger partial charge in [0.15, 0.2) is 6.10 Å². The van der Waals surface area contributed by atoms with Crippen LogP contribution in [-0.4, -0.2) is 41.3 Å². The molecule has 4 nitrogen and oxygen atoms in total. The van der Waals surface area contributed by atoms with E-state index in [4.69, 9.17) is 4.89 Å². The molecule has 0 amide bonds. The summed E-state index contributed by atoms with van der Waals surface area (Å²) in [5.41, 5.74) is -0.936. The summed E-state index contributed by atoms with van der Waals surface area (Å²) in [5.74, 6) is -25.6. The first-order chi connectivity index (χ1) is 11.9. The molecule has 0 saturated carbocycles. The average Bonchev–Trinajstić information content (AvgIpc) is 2.60. The minimum absolute atomic E-state index is 0.306. The Morgan fingerprint density at radius 1 is 1.04 bits per heavy atom. The molecule has 1 unspecified atom stereocenters. The molecule has 0 radical (unpaired) electrons. The van der Waals surface area contributed by atoms with Gasteiger partial charge in [-0.05, 0) is 5.56 Å². The number of hydrogen-bond donors (Lipinski definition) is 1. The van der Waals surface area contributed by atoms with Crippen molar-refractivity contribution in [2.24, 2.45) is 0 Å². The number of ether oxygens (including phenoxy) is 1. The van der Waals surface area contributed by atoms with Crippen LogP contribution in [0.1, 0.15) is 11.7 Å². The van der Waals surface area contributed by atoms with Gasteiger partial charge in [-0.2, -0.15) is 39.5 Å². The lowest BCUT2D eigenvalue weighted by atomic mass is 9.92. The molecule has 0 aromatic heterocycles. The van der Waals surface area contributed by atoms with E-state index in [9.17, 15) is 44.1 Å². The zero-order valence-electron chi connectivity index (χ0n) is 13.0. The zero-order chi connectivity index (χ0) is 21.1. The molecule has 1 saturated heterocycles. The van der Waals surface area contributed by atoms with E-state index in [2.05, 4.69) is 9.26 Å². The standard InChI is InChI=1S/C13H10F9O4P/c1-27(23,24)25-8(7-5-3-2-4-6-7)9(14,15)12(20)10(16,17)11(18,19)13(21,22)26-12/h2-6,8H,1H3,(H,23,24)/t8-,12-/m1/s1. The van der Waals surface area contributed by atoms with Gasteiger partial charge in [0.1, 0.15) is 0 Å². The molecule has 1 fully saturated rings. The van der Waals surface area contributed by atoms with Crippen molar-refractivity contribution in [2.75, 3.05) is 6.66 Å². The van der Waals surface area contributed by atoms with Gasteiger partial charge in [-0.1, -0.05) is 30.3 Å². The fraction of sp³-hybridized carbons (Fsp3) is 0.538. The molecule has 1 aliphatic rings. The van der Waals surface area contributed by atoms with E-state index < -0.39 is 49.0 Å². The highest BCUT2D eigenvalue weighted by Gasteiger charge is 2.95. The normalized spacial score (nSPS) is 29.9. The molecular formula is C13H10F9O4P. The average molecular weight is 432 g/mol. The second-order valence-corrected chi connectivity index (χ2v) is 7.50. The van der Waals surface area contributed by atoms with E-state index in [-0.39, 0.29) is 0 Å². The molecule has 1 heterocycles. The summed E-state index contributed by atoms with van der Waals surface area (Å²) in [6.07, 6.45) is -9.74. The molecule has 0 aliphatic carbocycles. The van der Waals surface area contributed by atoms with Crippen LogP contribution in [0, 0.1) is 0 Å². The molecule has 0 bridgehead atoms. The SMILES string of the molecule is CP(=O)(O)O[C@H](c1ccccc1)C(F)(F)[C@@]1(F)OC(F)(F)C(F)(F)C1(F)F. The lowest BCUT2D eigenvalue weighted by Gasteiger charge is -2.37. The van der Waals surface area contributed by atoms with Crippen LogP contribution < -0.4 is 0 Å². The maximum atomic E-state index is 14.6. The molecule has 154 valence electrons. The van der Waals surface area contributed by atoms with Gasteiger partial charge in [0.05, 0.1) is 0 Å². The largest absolute Gasteiger partial charge is 0.428 e. The lowest BCUT2D eigenvalue weighted by molar-refractivity contribution is -0.388. The van der Waals surface area contributed by atoms with Gasteiger partial charge < -0.3 is 4.89 Å². The molecule has 27 heavy (non-hydrogen) atoms. The zero-order valence-corrected chi connectivity index (χ0v) is 13.9. The molecule has 1 aromatic carbocycles. The van der Waals surface area contributed by atoms with Crippen LogP contribution in [0.15, 0.2) is 30.3 Å². The van der Waals surface area contributed by atoms with Crippen LogP contribution >= 0.6 is 7.60 Å². The maximum Gasteiger partial charge on any atom is 0.428 e. The Bertz CT molecular complexity index is 751. The van der Waals surface area contributed by atoms with Crippen LogP contribution in [0.5, 0.6) is 0 Å². The Morgan fingerprint density at radius 3 is 1.89 bits per heavy atom. The van der Waals surface area contributed by atoms with E-state index in [0.29, 0.717) is 18.8 Å². The Morgan fingerprint density at radius 2 is 1.52 bits per heavy atom. The molecule has 2 rings (SSSR count). The summed E-state index contributed by atoms with van der Waals surface area (Å²) in [4.78, 5) is 9.13. The van der Waals surface area contributed by atoms with Gasteiger partial charge in [0.2, 0.25) is 0 Å². The summed E-state index contributed by atoms with van der Waals surface area (Å²) >= 11 is 0. The molecule has 1 N–H and O–H groups in total. The molecule has 0 spiro atoms. The highest BCUT2D eigenvalue weighted by molar-refractivity contribution is 7.51. The first kappa shape index (κ1) is 22.0. The predicted molar refractivity (Wildman–Crippen MR) is 70.7 cm³/mol. The Labute approximate surface area is 145 Å². The van der Waals surface area contributed by atoms with E-state index in [0.717, 1.165) is 12.1 Å². The maximum absolute atomic E-state index is 14.6. The van der Waals surface area contributed by atoms with Crippen molar-refractivity contribution < 1.29 is 58.2 Å². The predicted octanol–water partition coefficient (Wildman–Crippen LogP) is 4.75. The van der Waals surface area contributed by atoms with Crippen molar-refractivity contribution in [2.45, 2.75) is 35.8 Å². The van der Waals surface area contributed by atoms with Crippen LogP contribution in [-0.2, 0) is 13.8 Å². The van der Waals surface area contributed by atoms with Crippen LogP contribution in [0.3, 0.4) is 0 Å². The molecular weight excluding hydrogens is 422 g/mol. The topological polar surface area (TPSA) is 55.8 Å². The third kappa shape index (κ3) is 3.14. The number of rotatable bonds is 5. The fourth-order valence-electron chi connectivity index (χ4n) is 2.30. The van der Waals surface area contributed by atoms with Gasteiger partial charge in [0, 0.05) is 6.66 Å². The fourth-order valence-corrected chi connectivity index (χ4v) is 2.94. The summed E-state index contributed by atoms with van der Waals surface area (Å²) in [5, 5.41) is 0. The van der Waals surface area contributed by atoms with E-state index in [1.165, 1.54) is 6.07 Å². The number of benzene rings is 1. The van der Waals surface area contributed by atoms with Gasteiger partial charge in [-0.15, -0.1) is 0 Å². The van der Waals surface area contributed by atoms with E-state index >= 15 is 0 Å². The van der Waals surface area contributed by atoms with Crippen molar-refractivity contribution in [3.63, 3.8) is 0 Å². The molecule has 14 heteroatoms. The van der Waals surface area contributed by atoms with Crippen molar-refractivity contribution in [1.29, 1.82) is 0 Å². The third-order valence-corrected chi connectivity index (χ3v) is 4.20. The summed E-state index contributed by atoms with van der Waals surface area (Å²) < 4.78 is 141. The Balaban J connectivity index is 2.67. The first-order valence-corrected chi connectivity index (χ1v) is 8.87. The smallest absolute Gasteiger partial charge is 0.324 e. The number of alkyl halides is 9. The van der Waals surface area contributed by atoms with Crippen molar-refractivity contribution in [3.05, 3.63) is 35.9 Å². The van der Waals surface area contributed by atoms with Gasteiger partial charge in [-0.3, -0.25) is 13.8 Å². The van der Waals surface area contributed by atoms with E-state index in [1.807, 2.05) is 0 Å². The minimum atomic E-state index is -6.73. The van der Waals surface area contributed by atoms with Gasteiger partial charge in [-0.25, -0.2) is 0 Å². The van der Waals surface area contributed by atoms with Gasteiger partial charge in [0.25, 0.3) is 0 Å². The van der Waals surface area contributed by atoms with E-state index in [1.54, 1.807) is 0 Å².